The highest BCUT2D eigenvalue weighted by Crippen LogP contribution is 2.12. The molecule has 0 rings (SSSR count). The molecule has 0 heterocycles. The van der Waals surface area contributed by atoms with E-state index in [0.29, 0.717) is 32.4 Å². The van der Waals surface area contributed by atoms with Crippen molar-refractivity contribution in [3.63, 3.8) is 0 Å². The quantitative estimate of drug-likeness (QED) is 0.578. The number of carbonyl (C=O) groups excluding carboxylic acids is 2. The molecule has 3 N–H and O–H groups in total. The fraction of sp³-hybridized carbons (Fsp3) is 0.857. The first-order chi connectivity index (χ1) is 8.77. The van der Waals surface area contributed by atoms with Crippen molar-refractivity contribution in [2.75, 3.05) is 19.7 Å². The molecule has 0 bridgehead atoms. The lowest BCUT2D eigenvalue weighted by Gasteiger charge is -2.17. The molecule has 0 aromatic heterocycles. The van der Waals surface area contributed by atoms with Crippen LogP contribution in [0.3, 0.4) is 0 Å². The van der Waals surface area contributed by atoms with E-state index in [2.05, 4.69) is 10.6 Å². The summed E-state index contributed by atoms with van der Waals surface area (Å²) in [6.45, 7) is 8.83. The summed E-state index contributed by atoms with van der Waals surface area (Å²) in [4.78, 5) is 23.1. The predicted molar refractivity (Wildman–Crippen MR) is 75.6 cm³/mol. The van der Waals surface area contributed by atoms with Crippen molar-refractivity contribution >= 4 is 11.8 Å². The number of rotatable bonds is 8. The topological polar surface area (TPSA) is 78.4 Å². The molecule has 0 saturated heterocycles. The van der Waals surface area contributed by atoms with Crippen molar-refractivity contribution in [2.45, 2.75) is 47.0 Å². The minimum atomic E-state index is -0.387. The molecule has 0 aromatic carbocycles. The predicted octanol–water partition coefficient (Wildman–Crippen LogP) is 1.06. The summed E-state index contributed by atoms with van der Waals surface area (Å²) in [5.41, 5.74) is -0.387. The number of hydrogen-bond donors (Lipinski definition) is 3. The molecule has 0 fully saturated rings. The van der Waals surface area contributed by atoms with Crippen LogP contribution in [0.2, 0.25) is 0 Å². The third kappa shape index (κ3) is 9.47. The molecule has 112 valence electrons. The van der Waals surface area contributed by atoms with Gasteiger partial charge in [0.2, 0.25) is 11.8 Å². The highest BCUT2D eigenvalue weighted by atomic mass is 16.3. The minimum Gasteiger partial charge on any atom is -0.396 e. The molecular formula is C14H28N2O3. The molecule has 0 radical (unpaired) electrons. The Kier molecular flexibility index (Phi) is 8.39. The van der Waals surface area contributed by atoms with Gasteiger partial charge in [-0.3, -0.25) is 9.59 Å². The van der Waals surface area contributed by atoms with E-state index < -0.39 is 0 Å². The zero-order valence-corrected chi connectivity index (χ0v) is 12.6. The number of hydrogen-bond acceptors (Lipinski definition) is 3. The molecule has 0 aliphatic heterocycles. The van der Waals surface area contributed by atoms with E-state index in [-0.39, 0.29) is 29.8 Å². The maximum atomic E-state index is 11.6. The van der Waals surface area contributed by atoms with Gasteiger partial charge in [0.15, 0.2) is 0 Å². The Morgan fingerprint density at radius 2 is 1.84 bits per heavy atom. The van der Waals surface area contributed by atoms with Gasteiger partial charge in [0.1, 0.15) is 0 Å². The van der Waals surface area contributed by atoms with E-state index >= 15 is 0 Å². The molecule has 0 aliphatic rings. The van der Waals surface area contributed by atoms with Gasteiger partial charge in [-0.25, -0.2) is 0 Å². The third-order valence-corrected chi connectivity index (χ3v) is 2.82. The largest absolute Gasteiger partial charge is 0.396 e. The Bertz CT molecular complexity index is 285. The third-order valence-electron chi connectivity index (χ3n) is 2.82. The molecular weight excluding hydrogens is 244 g/mol. The normalized spacial score (nSPS) is 12.9. The molecule has 0 aromatic rings. The van der Waals surface area contributed by atoms with Crippen LogP contribution in [0.5, 0.6) is 0 Å². The average molecular weight is 272 g/mol. The Balaban J connectivity index is 3.62. The van der Waals surface area contributed by atoms with Gasteiger partial charge in [0.05, 0.1) is 0 Å². The molecule has 19 heavy (non-hydrogen) atoms. The van der Waals surface area contributed by atoms with Crippen molar-refractivity contribution in [1.29, 1.82) is 0 Å². The van der Waals surface area contributed by atoms with E-state index in [0.717, 1.165) is 0 Å². The summed E-state index contributed by atoms with van der Waals surface area (Å²) >= 11 is 0. The summed E-state index contributed by atoms with van der Waals surface area (Å²) in [6.07, 6.45) is 1.75. The van der Waals surface area contributed by atoms with Crippen LogP contribution in [-0.4, -0.2) is 36.6 Å². The summed E-state index contributed by atoms with van der Waals surface area (Å²) in [5.74, 6) is 0.286. The lowest BCUT2D eigenvalue weighted by Crippen LogP contribution is -2.36. The van der Waals surface area contributed by atoms with Crippen LogP contribution in [-0.2, 0) is 9.59 Å². The van der Waals surface area contributed by atoms with Gasteiger partial charge in [-0.1, -0.05) is 27.7 Å². The Morgan fingerprint density at radius 3 is 2.37 bits per heavy atom. The van der Waals surface area contributed by atoms with Crippen LogP contribution < -0.4 is 10.6 Å². The van der Waals surface area contributed by atoms with Crippen molar-refractivity contribution in [3.05, 3.63) is 0 Å². The summed E-state index contributed by atoms with van der Waals surface area (Å²) in [7, 11) is 0. The molecule has 0 saturated carbocycles. The van der Waals surface area contributed by atoms with Crippen LogP contribution in [0, 0.1) is 11.3 Å². The van der Waals surface area contributed by atoms with Crippen LogP contribution in [0.15, 0.2) is 0 Å². The van der Waals surface area contributed by atoms with Crippen LogP contribution in [0.25, 0.3) is 0 Å². The average Bonchev–Trinajstić information content (AvgIpc) is 2.31. The molecule has 2 amide bonds. The van der Waals surface area contributed by atoms with Crippen molar-refractivity contribution in [3.8, 4) is 0 Å². The molecule has 5 nitrogen and oxygen atoms in total. The summed E-state index contributed by atoms with van der Waals surface area (Å²) < 4.78 is 0. The SMILES string of the molecule is CC(CCO)CNC(=O)CCCNC(=O)C(C)(C)C. The van der Waals surface area contributed by atoms with E-state index in [1.807, 2.05) is 27.7 Å². The van der Waals surface area contributed by atoms with E-state index in [4.69, 9.17) is 5.11 Å². The maximum absolute atomic E-state index is 11.6. The number of carbonyl (C=O) groups is 2. The van der Waals surface area contributed by atoms with Gasteiger partial charge >= 0.3 is 0 Å². The fourth-order valence-corrected chi connectivity index (χ4v) is 1.41. The van der Waals surface area contributed by atoms with Gasteiger partial charge in [0.25, 0.3) is 0 Å². The molecule has 5 heteroatoms. The standard InChI is InChI=1S/C14H28N2O3/c1-11(7-9-17)10-16-12(18)6-5-8-15-13(19)14(2,3)4/h11,17H,5-10H2,1-4H3,(H,15,19)(H,16,18). The van der Waals surface area contributed by atoms with Crippen LogP contribution in [0.1, 0.15) is 47.0 Å². The van der Waals surface area contributed by atoms with Gasteiger partial charge in [-0.05, 0) is 18.8 Å². The minimum absolute atomic E-state index is 0.00414. The first-order valence-electron chi connectivity index (χ1n) is 6.93. The Labute approximate surface area is 116 Å². The molecule has 1 atom stereocenters. The number of aliphatic hydroxyl groups excluding tert-OH is 1. The van der Waals surface area contributed by atoms with Gasteiger partial charge < -0.3 is 15.7 Å². The summed E-state index contributed by atoms with van der Waals surface area (Å²) in [6, 6.07) is 0. The lowest BCUT2D eigenvalue weighted by molar-refractivity contribution is -0.128. The number of aliphatic hydroxyl groups is 1. The second-order valence-corrected chi connectivity index (χ2v) is 6.03. The maximum Gasteiger partial charge on any atom is 0.225 e. The van der Waals surface area contributed by atoms with Crippen LogP contribution in [0.4, 0.5) is 0 Å². The van der Waals surface area contributed by atoms with Crippen molar-refractivity contribution in [2.24, 2.45) is 11.3 Å². The number of nitrogens with one attached hydrogen (secondary N) is 2. The fourth-order valence-electron chi connectivity index (χ4n) is 1.41. The smallest absolute Gasteiger partial charge is 0.225 e. The van der Waals surface area contributed by atoms with E-state index in [1.54, 1.807) is 0 Å². The lowest BCUT2D eigenvalue weighted by atomic mass is 9.96. The summed E-state index contributed by atoms with van der Waals surface area (Å²) in [5, 5.41) is 14.4. The highest BCUT2D eigenvalue weighted by molar-refractivity contribution is 5.81. The molecule has 1 unspecified atom stereocenters. The zero-order chi connectivity index (χ0) is 14.9. The second-order valence-electron chi connectivity index (χ2n) is 6.03. The Morgan fingerprint density at radius 1 is 1.21 bits per heavy atom. The van der Waals surface area contributed by atoms with Crippen LogP contribution >= 0.6 is 0 Å². The van der Waals surface area contributed by atoms with Crippen molar-refractivity contribution < 1.29 is 14.7 Å². The first kappa shape index (κ1) is 17.9. The van der Waals surface area contributed by atoms with Gasteiger partial charge in [-0.15, -0.1) is 0 Å². The molecule has 0 aliphatic carbocycles. The van der Waals surface area contributed by atoms with Gasteiger partial charge in [0, 0.05) is 31.5 Å². The second kappa shape index (κ2) is 8.91. The number of amides is 2. The monoisotopic (exact) mass is 272 g/mol. The van der Waals surface area contributed by atoms with E-state index in [1.165, 1.54) is 0 Å². The Hall–Kier alpha value is -1.10. The first-order valence-corrected chi connectivity index (χ1v) is 6.93. The van der Waals surface area contributed by atoms with Crippen molar-refractivity contribution in [1.82, 2.24) is 10.6 Å². The highest BCUT2D eigenvalue weighted by Gasteiger charge is 2.20. The molecule has 0 spiro atoms. The van der Waals surface area contributed by atoms with Gasteiger partial charge in [-0.2, -0.15) is 0 Å². The zero-order valence-electron chi connectivity index (χ0n) is 12.6. The van der Waals surface area contributed by atoms with E-state index in [9.17, 15) is 9.59 Å².